The molecule has 1 aliphatic heterocycles. The van der Waals surface area contributed by atoms with E-state index in [1.165, 1.54) is 0 Å². The fraction of sp³-hybridized carbons (Fsp3) is 0.538. The Balaban J connectivity index is 2.09. The Morgan fingerprint density at radius 1 is 1.56 bits per heavy atom. The first-order valence-corrected chi connectivity index (χ1v) is 6.40. The Hall–Kier alpha value is -1.62. The molecule has 0 aromatic carbocycles. The predicted molar refractivity (Wildman–Crippen MR) is 71.3 cm³/mol. The van der Waals surface area contributed by atoms with Crippen molar-refractivity contribution in [3.05, 3.63) is 23.9 Å². The summed E-state index contributed by atoms with van der Waals surface area (Å²) in [7, 11) is 1.86. The smallest absolute Gasteiger partial charge is 0.237 e. The highest BCUT2D eigenvalue weighted by atomic mass is 16.2. The van der Waals surface area contributed by atoms with Gasteiger partial charge in [-0.15, -0.1) is 0 Å². The van der Waals surface area contributed by atoms with Crippen molar-refractivity contribution in [2.75, 3.05) is 25.5 Å². The summed E-state index contributed by atoms with van der Waals surface area (Å²) < 4.78 is 0. The fourth-order valence-electron chi connectivity index (χ4n) is 2.31. The lowest BCUT2D eigenvalue weighted by molar-refractivity contribution is -0.129. The molecule has 1 aromatic heterocycles. The molecule has 2 rings (SSSR count). The van der Waals surface area contributed by atoms with Gasteiger partial charge in [0.25, 0.3) is 0 Å². The first kappa shape index (κ1) is 12.8. The number of nitrogens with zero attached hydrogens (tertiary/aromatic N) is 2. The number of hydrogen-bond donors (Lipinski definition) is 2. The van der Waals surface area contributed by atoms with Crippen LogP contribution in [0.15, 0.2) is 18.2 Å². The number of amides is 1. The summed E-state index contributed by atoms with van der Waals surface area (Å²) in [6.45, 7) is 4.37. The van der Waals surface area contributed by atoms with Crippen molar-refractivity contribution in [1.29, 1.82) is 0 Å². The number of carbonyl (C=O) groups excluding carboxylic acids is 1. The average Bonchev–Trinajstić information content (AvgIpc) is 2.39. The second-order valence-corrected chi connectivity index (χ2v) is 4.45. The Labute approximate surface area is 108 Å². The van der Waals surface area contributed by atoms with Gasteiger partial charge in [-0.25, -0.2) is 4.98 Å². The molecule has 1 amide bonds. The third kappa shape index (κ3) is 2.79. The van der Waals surface area contributed by atoms with E-state index in [1.807, 2.05) is 32.2 Å². The molecule has 2 heterocycles. The van der Waals surface area contributed by atoms with Gasteiger partial charge in [-0.3, -0.25) is 9.69 Å². The number of piperazine rings is 1. The van der Waals surface area contributed by atoms with Crippen LogP contribution in [0.2, 0.25) is 0 Å². The Kier molecular flexibility index (Phi) is 4.15. The molecule has 0 radical (unpaired) electrons. The zero-order valence-electron chi connectivity index (χ0n) is 10.9. The first-order valence-electron chi connectivity index (χ1n) is 6.40. The van der Waals surface area contributed by atoms with Crippen molar-refractivity contribution in [3.8, 4) is 0 Å². The number of pyridine rings is 1. The van der Waals surface area contributed by atoms with Crippen LogP contribution in [0.25, 0.3) is 0 Å². The summed E-state index contributed by atoms with van der Waals surface area (Å²) in [5.41, 5.74) is 0.995. The second kappa shape index (κ2) is 5.82. The van der Waals surface area contributed by atoms with Gasteiger partial charge in [0, 0.05) is 26.7 Å². The third-order valence-corrected chi connectivity index (χ3v) is 3.26. The maximum absolute atomic E-state index is 11.8. The Morgan fingerprint density at radius 2 is 2.39 bits per heavy atom. The molecular formula is C13H20N4O. The molecule has 0 spiro atoms. The summed E-state index contributed by atoms with van der Waals surface area (Å²) in [6.07, 6.45) is 0.831. The second-order valence-electron chi connectivity index (χ2n) is 4.45. The van der Waals surface area contributed by atoms with Crippen LogP contribution in [0.3, 0.4) is 0 Å². The van der Waals surface area contributed by atoms with Crippen LogP contribution in [0, 0.1) is 0 Å². The lowest BCUT2D eigenvalue weighted by atomic mass is 10.1. The molecule has 5 heteroatoms. The Bertz CT molecular complexity index is 421. The van der Waals surface area contributed by atoms with Gasteiger partial charge in [0.2, 0.25) is 5.91 Å². The van der Waals surface area contributed by atoms with Crippen LogP contribution in [0.4, 0.5) is 5.82 Å². The van der Waals surface area contributed by atoms with Gasteiger partial charge in [0.15, 0.2) is 0 Å². The van der Waals surface area contributed by atoms with E-state index in [0.29, 0.717) is 0 Å². The van der Waals surface area contributed by atoms with Crippen molar-refractivity contribution in [2.45, 2.75) is 25.9 Å². The molecule has 0 bridgehead atoms. The van der Waals surface area contributed by atoms with Crippen LogP contribution < -0.4 is 10.6 Å². The molecule has 1 atom stereocenters. The van der Waals surface area contributed by atoms with E-state index >= 15 is 0 Å². The highest BCUT2D eigenvalue weighted by Gasteiger charge is 2.27. The minimum absolute atomic E-state index is 0.0289. The molecular weight excluding hydrogens is 228 g/mol. The van der Waals surface area contributed by atoms with Gasteiger partial charge < -0.3 is 10.6 Å². The molecule has 18 heavy (non-hydrogen) atoms. The monoisotopic (exact) mass is 248 g/mol. The largest absolute Gasteiger partial charge is 0.373 e. The van der Waals surface area contributed by atoms with Crippen molar-refractivity contribution in [1.82, 2.24) is 15.2 Å². The average molecular weight is 248 g/mol. The number of nitrogens with one attached hydrogen (secondary N) is 2. The van der Waals surface area contributed by atoms with Crippen LogP contribution in [-0.4, -0.2) is 42.0 Å². The number of aromatic nitrogens is 1. The summed E-state index contributed by atoms with van der Waals surface area (Å²) >= 11 is 0. The SMILES string of the molecule is CCC1C(=O)NCCN1Cc1cccc(NC)n1. The number of hydrogen-bond acceptors (Lipinski definition) is 4. The number of carbonyl (C=O) groups is 1. The third-order valence-electron chi connectivity index (χ3n) is 3.26. The summed E-state index contributed by atoms with van der Waals surface area (Å²) in [6, 6.07) is 5.89. The van der Waals surface area contributed by atoms with E-state index in [4.69, 9.17) is 0 Å². The highest BCUT2D eigenvalue weighted by Crippen LogP contribution is 2.13. The van der Waals surface area contributed by atoms with E-state index in [9.17, 15) is 4.79 Å². The van der Waals surface area contributed by atoms with Crippen molar-refractivity contribution in [2.24, 2.45) is 0 Å². The van der Waals surface area contributed by atoms with Gasteiger partial charge in [-0.1, -0.05) is 13.0 Å². The molecule has 0 saturated carbocycles. The minimum Gasteiger partial charge on any atom is -0.373 e. The van der Waals surface area contributed by atoms with Crippen LogP contribution in [0.1, 0.15) is 19.0 Å². The first-order chi connectivity index (χ1) is 8.74. The quantitative estimate of drug-likeness (QED) is 0.829. The summed E-state index contributed by atoms with van der Waals surface area (Å²) in [5, 5.41) is 5.94. The molecule has 1 aliphatic rings. The van der Waals surface area contributed by atoms with Gasteiger partial charge in [-0.05, 0) is 18.6 Å². The van der Waals surface area contributed by atoms with Gasteiger partial charge in [0.1, 0.15) is 5.82 Å². The normalized spacial score (nSPS) is 20.6. The number of rotatable bonds is 4. The molecule has 98 valence electrons. The topological polar surface area (TPSA) is 57.3 Å². The van der Waals surface area contributed by atoms with Crippen LogP contribution in [-0.2, 0) is 11.3 Å². The van der Waals surface area contributed by atoms with Gasteiger partial charge in [0.05, 0.1) is 11.7 Å². The summed E-state index contributed by atoms with van der Waals surface area (Å²) in [5.74, 6) is 0.996. The molecule has 1 saturated heterocycles. The van der Waals surface area contributed by atoms with E-state index in [0.717, 1.165) is 37.6 Å². The van der Waals surface area contributed by atoms with Gasteiger partial charge >= 0.3 is 0 Å². The molecule has 1 fully saturated rings. The van der Waals surface area contributed by atoms with Gasteiger partial charge in [-0.2, -0.15) is 0 Å². The van der Waals surface area contributed by atoms with E-state index < -0.39 is 0 Å². The number of anilines is 1. The molecule has 1 unspecified atom stereocenters. The lowest BCUT2D eigenvalue weighted by Crippen LogP contribution is -2.54. The molecule has 2 N–H and O–H groups in total. The van der Waals surface area contributed by atoms with Crippen molar-refractivity contribution < 1.29 is 4.79 Å². The zero-order chi connectivity index (χ0) is 13.0. The molecule has 0 aliphatic carbocycles. The minimum atomic E-state index is -0.0289. The van der Waals surface area contributed by atoms with Crippen LogP contribution in [0.5, 0.6) is 0 Å². The molecule has 1 aromatic rings. The maximum Gasteiger partial charge on any atom is 0.237 e. The van der Waals surface area contributed by atoms with E-state index in [1.54, 1.807) is 0 Å². The Morgan fingerprint density at radius 3 is 3.11 bits per heavy atom. The fourth-order valence-corrected chi connectivity index (χ4v) is 2.31. The highest BCUT2D eigenvalue weighted by molar-refractivity contribution is 5.82. The van der Waals surface area contributed by atoms with Crippen molar-refractivity contribution >= 4 is 11.7 Å². The standard InChI is InChI=1S/C13H20N4O/c1-3-11-13(18)15-7-8-17(11)9-10-5-4-6-12(14-2)16-10/h4-6,11H,3,7-9H2,1-2H3,(H,14,16)(H,15,18). The lowest BCUT2D eigenvalue weighted by Gasteiger charge is -2.34. The molecule has 5 nitrogen and oxygen atoms in total. The van der Waals surface area contributed by atoms with E-state index in [2.05, 4.69) is 20.5 Å². The zero-order valence-corrected chi connectivity index (χ0v) is 10.9. The van der Waals surface area contributed by atoms with Crippen LogP contribution >= 0.6 is 0 Å². The summed E-state index contributed by atoms with van der Waals surface area (Å²) in [4.78, 5) is 18.5. The maximum atomic E-state index is 11.8. The van der Waals surface area contributed by atoms with Crippen molar-refractivity contribution in [3.63, 3.8) is 0 Å². The van der Waals surface area contributed by atoms with E-state index in [-0.39, 0.29) is 11.9 Å². The predicted octanol–water partition coefficient (Wildman–Crippen LogP) is 0.834.